The molecule has 3 heterocycles. The first-order valence-corrected chi connectivity index (χ1v) is 10.4. The van der Waals surface area contributed by atoms with E-state index in [1.807, 2.05) is 53.0 Å². The molecule has 1 amide bonds. The van der Waals surface area contributed by atoms with Crippen LogP contribution in [-0.4, -0.2) is 51.1 Å². The average Bonchev–Trinajstić information content (AvgIpc) is 3.40. The molecule has 0 spiro atoms. The number of carbonyl (C=O) groups is 1. The molecule has 5 rings (SSSR count). The summed E-state index contributed by atoms with van der Waals surface area (Å²) >= 11 is 1.53. The number of anilines is 1. The second kappa shape index (κ2) is 7.33. The van der Waals surface area contributed by atoms with Gasteiger partial charge in [0.15, 0.2) is 0 Å². The molecule has 0 atom stereocenters. The number of hydrogen-bond donors (Lipinski definition) is 0. The maximum absolute atomic E-state index is 13.1. The minimum absolute atomic E-state index is 0.0804. The van der Waals surface area contributed by atoms with Gasteiger partial charge in [-0.15, -0.1) is 0 Å². The summed E-state index contributed by atoms with van der Waals surface area (Å²) in [7, 11) is 1.91. The molecule has 0 saturated carbocycles. The van der Waals surface area contributed by atoms with Crippen molar-refractivity contribution < 1.29 is 4.79 Å². The van der Waals surface area contributed by atoms with Gasteiger partial charge < -0.3 is 9.80 Å². The summed E-state index contributed by atoms with van der Waals surface area (Å²) in [6.45, 7) is 2.98. The van der Waals surface area contributed by atoms with Crippen molar-refractivity contribution in [3.63, 3.8) is 0 Å². The molecule has 2 aromatic carbocycles. The first-order valence-electron chi connectivity index (χ1n) is 9.68. The number of fused-ring (bicyclic) bond motifs is 1. The molecule has 1 fully saturated rings. The highest BCUT2D eigenvalue weighted by atomic mass is 32.1. The number of carbonyl (C=O) groups excluding carboxylic acids is 1. The zero-order valence-corrected chi connectivity index (χ0v) is 17.0. The van der Waals surface area contributed by atoms with E-state index in [4.69, 9.17) is 0 Å². The third-order valence-corrected chi connectivity index (χ3v) is 6.27. The Morgan fingerprint density at radius 3 is 2.62 bits per heavy atom. The summed E-state index contributed by atoms with van der Waals surface area (Å²) in [5, 5.41) is 5.42. The van der Waals surface area contributed by atoms with Gasteiger partial charge in [0.2, 0.25) is 0 Å². The van der Waals surface area contributed by atoms with E-state index in [1.165, 1.54) is 21.6 Å². The number of nitrogens with zero attached hydrogens (tertiary/aromatic N) is 5. The Morgan fingerprint density at radius 2 is 1.83 bits per heavy atom. The Balaban J connectivity index is 1.31. The molecular formula is C22H21N5OS. The lowest BCUT2D eigenvalue weighted by atomic mass is 10.1. The highest BCUT2D eigenvalue weighted by Crippen LogP contribution is 2.30. The topological polar surface area (TPSA) is 54.3 Å². The standard InChI is InChI=1S/C22H21N5OS/c1-25-19(9-10-23-25)16-5-4-6-17(15-16)22(28)27-13-11-26(12-14-27)21-18-7-2-3-8-20(18)29-24-21/h2-10,15H,11-14H2,1H3. The Bertz CT molecular complexity index is 1170. The van der Waals surface area contributed by atoms with Gasteiger partial charge in [0.05, 0.1) is 10.4 Å². The van der Waals surface area contributed by atoms with Crippen LogP contribution in [0.4, 0.5) is 5.82 Å². The van der Waals surface area contributed by atoms with Gasteiger partial charge in [-0.25, -0.2) is 0 Å². The van der Waals surface area contributed by atoms with Gasteiger partial charge in [0.1, 0.15) is 5.82 Å². The van der Waals surface area contributed by atoms with Gasteiger partial charge in [0, 0.05) is 55.9 Å². The monoisotopic (exact) mass is 403 g/mol. The number of amides is 1. The van der Waals surface area contributed by atoms with E-state index >= 15 is 0 Å². The van der Waals surface area contributed by atoms with E-state index in [1.54, 1.807) is 6.20 Å². The van der Waals surface area contributed by atoms with Crippen molar-refractivity contribution in [1.29, 1.82) is 0 Å². The highest BCUT2D eigenvalue weighted by molar-refractivity contribution is 7.13. The zero-order chi connectivity index (χ0) is 19.8. The van der Waals surface area contributed by atoms with E-state index in [0.717, 1.165) is 35.7 Å². The largest absolute Gasteiger partial charge is 0.352 e. The number of rotatable bonds is 3. The van der Waals surface area contributed by atoms with Gasteiger partial charge in [0.25, 0.3) is 5.91 Å². The van der Waals surface area contributed by atoms with Gasteiger partial charge >= 0.3 is 0 Å². The summed E-state index contributed by atoms with van der Waals surface area (Å²) in [5.41, 5.74) is 2.72. The second-order valence-corrected chi connectivity index (χ2v) is 8.01. The molecule has 146 valence electrons. The van der Waals surface area contributed by atoms with Crippen LogP contribution >= 0.6 is 11.5 Å². The predicted octanol–water partition coefficient (Wildman–Crippen LogP) is 3.66. The average molecular weight is 404 g/mol. The first-order chi connectivity index (χ1) is 14.2. The summed E-state index contributed by atoms with van der Waals surface area (Å²) in [4.78, 5) is 17.3. The van der Waals surface area contributed by atoms with Crippen LogP contribution in [0.25, 0.3) is 21.3 Å². The lowest BCUT2D eigenvalue weighted by molar-refractivity contribution is 0.0746. The lowest BCUT2D eigenvalue weighted by Crippen LogP contribution is -2.49. The molecule has 4 aromatic rings. The fraction of sp³-hybridized carbons (Fsp3) is 0.227. The molecule has 6 nitrogen and oxygen atoms in total. The molecule has 0 aliphatic carbocycles. The van der Waals surface area contributed by atoms with Gasteiger partial charge in [-0.05, 0) is 41.9 Å². The third-order valence-electron chi connectivity index (χ3n) is 5.45. The quantitative estimate of drug-likeness (QED) is 0.524. The van der Waals surface area contributed by atoms with Crippen LogP contribution in [0.2, 0.25) is 0 Å². The van der Waals surface area contributed by atoms with Crippen molar-refractivity contribution in [3.05, 3.63) is 66.4 Å². The van der Waals surface area contributed by atoms with E-state index in [9.17, 15) is 4.79 Å². The van der Waals surface area contributed by atoms with Crippen molar-refractivity contribution in [1.82, 2.24) is 19.1 Å². The lowest BCUT2D eigenvalue weighted by Gasteiger charge is -2.35. The normalized spacial score (nSPS) is 14.5. The summed E-state index contributed by atoms with van der Waals surface area (Å²) in [6.07, 6.45) is 1.77. The zero-order valence-electron chi connectivity index (χ0n) is 16.2. The maximum atomic E-state index is 13.1. The molecule has 1 saturated heterocycles. The molecular weight excluding hydrogens is 382 g/mol. The Morgan fingerprint density at radius 1 is 1.00 bits per heavy atom. The Kier molecular flexibility index (Phi) is 4.52. The summed E-state index contributed by atoms with van der Waals surface area (Å²) in [5.74, 6) is 1.12. The number of benzene rings is 2. The van der Waals surface area contributed by atoms with Crippen molar-refractivity contribution in [2.45, 2.75) is 0 Å². The Labute approximate surface area is 173 Å². The van der Waals surface area contributed by atoms with E-state index in [0.29, 0.717) is 13.1 Å². The Hall–Kier alpha value is -3.19. The fourth-order valence-corrected chi connectivity index (χ4v) is 4.67. The number of aromatic nitrogens is 3. The molecule has 7 heteroatoms. The third kappa shape index (κ3) is 3.27. The van der Waals surface area contributed by atoms with Crippen LogP contribution in [-0.2, 0) is 7.05 Å². The number of piperazine rings is 1. The van der Waals surface area contributed by atoms with Gasteiger partial charge in [-0.2, -0.15) is 9.47 Å². The van der Waals surface area contributed by atoms with Crippen molar-refractivity contribution in [2.75, 3.05) is 31.1 Å². The van der Waals surface area contributed by atoms with Crippen molar-refractivity contribution in [3.8, 4) is 11.3 Å². The first kappa shape index (κ1) is 17.9. The van der Waals surface area contributed by atoms with Crippen LogP contribution in [0.15, 0.2) is 60.8 Å². The van der Waals surface area contributed by atoms with E-state index in [-0.39, 0.29) is 5.91 Å². The number of hydrogen-bond acceptors (Lipinski definition) is 5. The smallest absolute Gasteiger partial charge is 0.253 e. The molecule has 2 aromatic heterocycles. The second-order valence-electron chi connectivity index (χ2n) is 7.20. The van der Waals surface area contributed by atoms with Crippen LogP contribution in [0.5, 0.6) is 0 Å². The minimum Gasteiger partial charge on any atom is -0.352 e. The molecule has 1 aliphatic heterocycles. The molecule has 0 unspecified atom stereocenters. The fourth-order valence-electron chi connectivity index (χ4n) is 3.87. The van der Waals surface area contributed by atoms with Gasteiger partial charge in [-0.3, -0.25) is 9.48 Å². The van der Waals surface area contributed by atoms with Crippen LogP contribution in [0.1, 0.15) is 10.4 Å². The summed E-state index contributed by atoms with van der Waals surface area (Å²) in [6, 6.07) is 18.1. The summed E-state index contributed by atoms with van der Waals surface area (Å²) < 4.78 is 7.67. The number of aryl methyl sites for hydroxylation is 1. The minimum atomic E-state index is 0.0804. The van der Waals surface area contributed by atoms with Crippen LogP contribution in [0.3, 0.4) is 0 Å². The van der Waals surface area contributed by atoms with Crippen LogP contribution in [0, 0.1) is 0 Å². The van der Waals surface area contributed by atoms with Gasteiger partial charge in [-0.1, -0.05) is 24.3 Å². The van der Waals surface area contributed by atoms with E-state index < -0.39 is 0 Å². The van der Waals surface area contributed by atoms with Crippen LogP contribution < -0.4 is 4.90 Å². The van der Waals surface area contributed by atoms with Crippen molar-refractivity contribution >= 4 is 33.3 Å². The predicted molar refractivity (Wildman–Crippen MR) is 116 cm³/mol. The molecule has 29 heavy (non-hydrogen) atoms. The maximum Gasteiger partial charge on any atom is 0.253 e. The highest BCUT2D eigenvalue weighted by Gasteiger charge is 2.24. The van der Waals surface area contributed by atoms with E-state index in [2.05, 4.69) is 32.6 Å². The van der Waals surface area contributed by atoms with Crippen molar-refractivity contribution in [2.24, 2.45) is 7.05 Å². The SMILES string of the molecule is Cn1nccc1-c1cccc(C(=O)N2CCN(c3nsc4ccccc34)CC2)c1. The molecule has 0 radical (unpaired) electrons. The molecule has 0 bridgehead atoms. The molecule has 0 N–H and O–H groups in total. The molecule has 1 aliphatic rings.